The van der Waals surface area contributed by atoms with Crippen molar-refractivity contribution < 1.29 is 9.53 Å². The first-order valence-corrected chi connectivity index (χ1v) is 8.78. The summed E-state index contributed by atoms with van der Waals surface area (Å²) in [6.07, 6.45) is 2.43. The van der Waals surface area contributed by atoms with Crippen LogP contribution in [-0.4, -0.2) is 29.1 Å². The molecule has 2 unspecified atom stereocenters. The number of nitrogens with zero attached hydrogens (tertiary/aromatic N) is 1. The van der Waals surface area contributed by atoms with Crippen molar-refractivity contribution in [3.63, 3.8) is 0 Å². The summed E-state index contributed by atoms with van der Waals surface area (Å²) in [5.41, 5.74) is 1.97. The molecule has 1 aromatic carbocycles. The summed E-state index contributed by atoms with van der Waals surface area (Å²) < 4.78 is 5.58. The molecule has 2 N–H and O–H groups in total. The van der Waals surface area contributed by atoms with E-state index in [1.165, 1.54) is 6.20 Å². The number of pyridine rings is 1. The molecule has 1 aromatic heterocycles. The Balaban J connectivity index is 1.55. The minimum absolute atomic E-state index is 0.174. The Labute approximate surface area is 155 Å². The van der Waals surface area contributed by atoms with Crippen LogP contribution in [0.25, 0.3) is 0 Å². The number of aromatic nitrogens is 1. The molecule has 0 radical (unpaired) electrons. The van der Waals surface area contributed by atoms with Crippen LogP contribution in [-0.2, 0) is 10.3 Å². The molecule has 1 aliphatic heterocycles. The van der Waals surface area contributed by atoms with Crippen molar-refractivity contribution in [2.75, 3.05) is 18.5 Å². The van der Waals surface area contributed by atoms with E-state index in [2.05, 4.69) is 21.7 Å². The number of nitrogens with one attached hydrogen (secondary N) is 2. The molecule has 0 bridgehead atoms. The zero-order valence-electron chi connectivity index (χ0n) is 13.3. The molecule has 1 saturated carbocycles. The number of ether oxygens (including phenoxy) is 1. The summed E-state index contributed by atoms with van der Waals surface area (Å²) in [6, 6.07) is 11.1. The summed E-state index contributed by atoms with van der Waals surface area (Å²) in [7, 11) is 0. The number of thiocarbonyl (C=S) groups is 1. The molecule has 7 heteroatoms. The van der Waals surface area contributed by atoms with Crippen molar-refractivity contribution in [1.82, 2.24) is 10.3 Å². The van der Waals surface area contributed by atoms with E-state index in [1.54, 1.807) is 12.1 Å². The van der Waals surface area contributed by atoms with Gasteiger partial charge in [0.15, 0.2) is 0 Å². The van der Waals surface area contributed by atoms with Gasteiger partial charge in [0.2, 0.25) is 0 Å². The van der Waals surface area contributed by atoms with Crippen LogP contribution in [0.2, 0.25) is 5.02 Å². The van der Waals surface area contributed by atoms with E-state index in [4.69, 9.17) is 28.6 Å². The van der Waals surface area contributed by atoms with Gasteiger partial charge in [0.25, 0.3) is 5.91 Å². The number of amides is 1. The zero-order chi connectivity index (χ0) is 17.4. The van der Waals surface area contributed by atoms with Crippen LogP contribution in [0.5, 0.6) is 0 Å². The molecule has 4 rings (SSSR count). The SMILES string of the molecule is O=C(Nc1cccc(C23CC2COCC(=S)N3)c1)c1ccc(Cl)cn1. The molecule has 0 spiro atoms. The van der Waals surface area contributed by atoms with Gasteiger partial charge in [-0.05, 0) is 36.2 Å². The second kappa shape index (κ2) is 6.37. The molecule has 128 valence electrons. The first-order valence-electron chi connectivity index (χ1n) is 7.99. The highest BCUT2D eigenvalue weighted by molar-refractivity contribution is 7.80. The highest BCUT2D eigenvalue weighted by Crippen LogP contribution is 2.53. The summed E-state index contributed by atoms with van der Waals surface area (Å²) in [5, 5.41) is 6.81. The highest BCUT2D eigenvalue weighted by Gasteiger charge is 2.57. The molecule has 2 aromatic rings. The number of benzene rings is 1. The molecule has 25 heavy (non-hydrogen) atoms. The van der Waals surface area contributed by atoms with Gasteiger partial charge in [-0.2, -0.15) is 0 Å². The quantitative estimate of drug-likeness (QED) is 0.809. The topological polar surface area (TPSA) is 63.2 Å². The van der Waals surface area contributed by atoms with Crippen molar-refractivity contribution in [3.05, 3.63) is 58.9 Å². The van der Waals surface area contributed by atoms with Gasteiger partial charge >= 0.3 is 0 Å². The summed E-state index contributed by atoms with van der Waals surface area (Å²) in [5.74, 6) is 0.128. The molecular formula is C18H16ClN3O2S. The third-order valence-electron chi connectivity index (χ3n) is 4.62. The fourth-order valence-electron chi connectivity index (χ4n) is 3.27. The average Bonchev–Trinajstić information content (AvgIpc) is 3.30. The maximum atomic E-state index is 12.3. The molecule has 1 amide bonds. The standard InChI is InChI=1S/C18H16ClN3O2S/c19-13-4-5-15(20-8-13)17(23)21-14-3-1-2-11(6-14)18-7-12(18)9-24-10-16(25)22-18/h1-6,8,12H,7,9-10H2,(H,21,23)(H,22,25). The largest absolute Gasteiger partial charge is 0.374 e. The molecule has 2 fully saturated rings. The number of rotatable bonds is 3. The Bertz CT molecular complexity index is 842. The maximum Gasteiger partial charge on any atom is 0.274 e. The van der Waals surface area contributed by atoms with E-state index in [-0.39, 0.29) is 11.4 Å². The van der Waals surface area contributed by atoms with Crippen molar-refractivity contribution >= 4 is 40.4 Å². The molecule has 2 aliphatic rings. The summed E-state index contributed by atoms with van der Waals surface area (Å²) >= 11 is 11.1. The maximum absolute atomic E-state index is 12.3. The Kier molecular flexibility index (Phi) is 4.19. The van der Waals surface area contributed by atoms with E-state index in [0.717, 1.165) is 22.7 Å². The molecule has 2 heterocycles. The monoisotopic (exact) mass is 373 g/mol. The van der Waals surface area contributed by atoms with Crippen molar-refractivity contribution in [2.45, 2.75) is 12.0 Å². The Hall–Kier alpha value is -2.02. The van der Waals surface area contributed by atoms with Gasteiger partial charge in [-0.25, -0.2) is 4.98 Å². The predicted molar refractivity (Wildman–Crippen MR) is 100.0 cm³/mol. The van der Waals surface area contributed by atoms with Crippen molar-refractivity contribution in [1.29, 1.82) is 0 Å². The lowest BCUT2D eigenvalue weighted by molar-refractivity contribution is 0.102. The molecular weight excluding hydrogens is 358 g/mol. The molecule has 1 aliphatic carbocycles. The third-order valence-corrected chi connectivity index (χ3v) is 5.06. The second-order valence-electron chi connectivity index (χ2n) is 6.33. The number of carbonyl (C=O) groups excluding carboxylic acids is 1. The highest BCUT2D eigenvalue weighted by atomic mass is 35.5. The normalized spacial score (nSPS) is 24.7. The van der Waals surface area contributed by atoms with Crippen molar-refractivity contribution in [2.24, 2.45) is 5.92 Å². The second-order valence-corrected chi connectivity index (χ2v) is 7.26. The van der Waals surface area contributed by atoms with Gasteiger partial charge in [-0.3, -0.25) is 4.79 Å². The van der Waals surface area contributed by atoms with Crippen LogP contribution in [0.3, 0.4) is 0 Å². The minimum atomic E-state index is -0.272. The van der Waals surface area contributed by atoms with Crippen LogP contribution >= 0.6 is 23.8 Å². The van der Waals surface area contributed by atoms with Gasteiger partial charge in [0.05, 0.1) is 23.8 Å². The number of hydrogen-bond donors (Lipinski definition) is 2. The summed E-state index contributed by atoms with van der Waals surface area (Å²) in [6.45, 7) is 1.16. The fourth-order valence-corrected chi connectivity index (χ4v) is 3.65. The van der Waals surface area contributed by atoms with Gasteiger partial charge in [0.1, 0.15) is 10.7 Å². The zero-order valence-corrected chi connectivity index (χ0v) is 14.9. The lowest BCUT2D eigenvalue weighted by Crippen LogP contribution is -2.35. The number of carbonyl (C=O) groups is 1. The Morgan fingerprint density at radius 3 is 3.08 bits per heavy atom. The van der Waals surface area contributed by atoms with Crippen LogP contribution in [0.4, 0.5) is 5.69 Å². The Morgan fingerprint density at radius 2 is 2.28 bits per heavy atom. The van der Waals surface area contributed by atoms with Crippen LogP contribution < -0.4 is 10.6 Å². The number of hydrogen-bond acceptors (Lipinski definition) is 4. The predicted octanol–water partition coefficient (Wildman–Crippen LogP) is 3.15. The molecule has 2 atom stereocenters. The van der Waals surface area contributed by atoms with E-state index in [0.29, 0.717) is 29.8 Å². The smallest absolute Gasteiger partial charge is 0.274 e. The van der Waals surface area contributed by atoms with E-state index < -0.39 is 0 Å². The molecule has 5 nitrogen and oxygen atoms in total. The lowest BCUT2D eigenvalue weighted by atomic mass is 10.0. The number of fused-ring (bicyclic) bond motifs is 1. The van der Waals surface area contributed by atoms with Gasteiger partial charge in [-0.1, -0.05) is 36.0 Å². The first kappa shape index (κ1) is 16.4. The summed E-state index contributed by atoms with van der Waals surface area (Å²) in [4.78, 5) is 17.1. The van der Waals surface area contributed by atoms with Crippen molar-refractivity contribution in [3.8, 4) is 0 Å². The van der Waals surface area contributed by atoms with E-state index in [1.807, 2.05) is 18.2 Å². The van der Waals surface area contributed by atoms with E-state index in [9.17, 15) is 4.79 Å². The minimum Gasteiger partial charge on any atom is -0.374 e. The van der Waals surface area contributed by atoms with E-state index >= 15 is 0 Å². The van der Waals surface area contributed by atoms with Gasteiger partial charge in [-0.15, -0.1) is 0 Å². The first-order chi connectivity index (χ1) is 12.1. The Morgan fingerprint density at radius 1 is 1.40 bits per heavy atom. The van der Waals surface area contributed by atoms with Crippen LogP contribution in [0, 0.1) is 5.92 Å². The van der Waals surface area contributed by atoms with Gasteiger partial charge in [0, 0.05) is 17.8 Å². The fraction of sp³-hybridized carbons (Fsp3) is 0.278. The van der Waals surface area contributed by atoms with Crippen LogP contribution in [0.15, 0.2) is 42.6 Å². The third kappa shape index (κ3) is 3.25. The van der Waals surface area contributed by atoms with Crippen LogP contribution in [0.1, 0.15) is 22.5 Å². The van der Waals surface area contributed by atoms with Gasteiger partial charge < -0.3 is 15.4 Å². The lowest BCUT2D eigenvalue weighted by Gasteiger charge is -2.20. The molecule has 1 saturated heterocycles. The number of halogens is 1. The number of anilines is 1. The average molecular weight is 374 g/mol.